The van der Waals surface area contributed by atoms with Crippen LogP contribution in [0.4, 0.5) is 5.13 Å². The first-order chi connectivity index (χ1) is 12.9. The highest BCUT2D eigenvalue weighted by molar-refractivity contribution is 7.86. The van der Waals surface area contributed by atoms with Crippen LogP contribution in [0.15, 0.2) is 29.6 Å². The molecule has 0 bridgehead atoms. The fraction of sp³-hybridized carbons (Fsp3) is 0.526. The van der Waals surface area contributed by atoms with Crippen molar-refractivity contribution in [2.24, 2.45) is 0 Å². The van der Waals surface area contributed by atoms with Crippen molar-refractivity contribution in [1.82, 2.24) is 13.6 Å². The highest BCUT2D eigenvalue weighted by Crippen LogP contribution is 2.27. The summed E-state index contributed by atoms with van der Waals surface area (Å²) in [6.07, 6.45) is 1.91. The molecule has 0 radical (unpaired) electrons. The lowest BCUT2D eigenvalue weighted by Crippen LogP contribution is -2.43. The van der Waals surface area contributed by atoms with Gasteiger partial charge in [0.1, 0.15) is 0 Å². The minimum absolute atomic E-state index is 0.451. The lowest BCUT2D eigenvalue weighted by Gasteiger charge is -2.27. The zero-order valence-corrected chi connectivity index (χ0v) is 17.9. The fourth-order valence-corrected chi connectivity index (χ4v) is 5.50. The van der Waals surface area contributed by atoms with Crippen LogP contribution in [0.1, 0.15) is 25.3 Å². The minimum atomic E-state index is -3.34. The summed E-state index contributed by atoms with van der Waals surface area (Å²) < 4.78 is 28.3. The summed E-state index contributed by atoms with van der Waals surface area (Å²) in [6, 6.07) is 8.34. The average molecular weight is 409 g/mol. The first-order valence-corrected chi connectivity index (χ1v) is 11.7. The maximum absolute atomic E-state index is 12.6. The Bertz CT molecular complexity index is 843. The number of aryl methyl sites for hydroxylation is 1. The fourth-order valence-electron chi connectivity index (χ4n) is 3.15. The van der Waals surface area contributed by atoms with Crippen molar-refractivity contribution in [2.45, 2.75) is 26.7 Å². The van der Waals surface area contributed by atoms with Gasteiger partial charge in [-0.1, -0.05) is 29.8 Å². The molecular formula is C19H28N4O2S2. The summed E-state index contributed by atoms with van der Waals surface area (Å²) in [5.74, 6) is 0. The van der Waals surface area contributed by atoms with E-state index in [1.165, 1.54) is 9.87 Å². The number of anilines is 1. The van der Waals surface area contributed by atoms with E-state index in [2.05, 4.69) is 48.4 Å². The van der Waals surface area contributed by atoms with Crippen LogP contribution in [0.5, 0.6) is 0 Å². The van der Waals surface area contributed by atoms with E-state index in [1.54, 1.807) is 22.7 Å². The summed E-state index contributed by atoms with van der Waals surface area (Å²) >= 11 is 1.60. The third-order valence-electron chi connectivity index (χ3n) is 4.96. The van der Waals surface area contributed by atoms with Crippen LogP contribution in [-0.2, 0) is 10.2 Å². The molecule has 2 aromatic rings. The Morgan fingerprint density at radius 1 is 1.15 bits per heavy atom. The van der Waals surface area contributed by atoms with Crippen LogP contribution in [0.3, 0.4) is 0 Å². The topological polar surface area (TPSA) is 56.8 Å². The van der Waals surface area contributed by atoms with E-state index in [1.807, 2.05) is 0 Å². The zero-order chi connectivity index (χ0) is 19.4. The van der Waals surface area contributed by atoms with E-state index in [-0.39, 0.29) is 0 Å². The molecular weight excluding hydrogens is 380 g/mol. The quantitative estimate of drug-likeness (QED) is 0.673. The van der Waals surface area contributed by atoms with Crippen LogP contribution < -0.4 is 4.90 Å². The van der Waals surface area contributed by atoms with Gasteiger partial charge in [-0.2, -0.15) is 17.0 Å². The van der Waals surface area contributed by atoms with E-state index in [9.17, 15) is 8.42 Å². The van der Waals surface area contributed by atoms with E-state index in [0.29, 0.717) is 26.2 Å². The van der Waals surface area contributed by atoms with Crippen molar-refractivity contribution in [1.29, 1.82) is 0 Å². The van der Waals surface area contributed by atoms with Crippen LogP contribution in [0.25, 0.3) is 11.3 Å². The van der Waals surface area contributed by atoms with Gasteiger partial charge in [0.05, 0.1) is 5.69 Å². The Morgan fingerprint density at radius 2 is 1.81 bits per heavy atom. The highest BCUT2D eigenvalue weighted by Gasteiger charge is 2.29. The molecule has 3 rings (SSSR count). The Morgan fingerprint density at radius 3 is 2.44 bits per heavy atom. The Kier molecular flexibility index (Phi) is 6.52. The molecule has 6 nitrogen and oxygen atoms in total. The van der Waals surface area contributed by atoms with Crippen molar-refractivity contribution in [3.05, 3.63) is 35.2 Å². The van der Waals surface area contributed by atoms with Crippen LogP contribution >= 0.6 is 11.3 Å². The normalized spacial score (nSPS) is 15.6. The first kappa shape index (κ1) is 20.3. The molecule has 0 amide bonds. The number of likely N-dealkylation sites (N-methyl/N-ethyl adjacent to an activating group) is 2. The molecule has 1 fully saturated rings. The molecule has 27 heavy (non-hydrogen) atoms. The molecule has 1 aliphatic rings. The zero-order valence-electron chi connectivity index (χ0n) is 16.3. The van der Waals surface area contributed by atoms with Gasteiger partial charge in [0.25, 0.3) is 10.2 Å². The largest absolute Gasteiger partial charge is 0.347 e. The van der Waals surface area contributed by atoms with Crippen LogP contribution in [-0.4, -0.2) is 61.8 Å². The number of benzene rings is 1. The van der Waals surface area contributed by atoms with E-state index < -0.39 is 10.2 Å². The van der Waals surface area contributed by atoms with Gasteiger partial charge in [-0.3, -0.25) is 0 Å². The second kappa shape index (κ2) is 8.68. The molecule has 1 aromatic heterocycles. The monoisotopic (exact) mass is 408 g/mol. The lowest BCUT2D eigenvalue weighted by molar-refractivity contribution is 0.396. The van der Waals surface area contributed by atoms with Gasteiger partial charge in [0.15, 0.2) is 5.13 Å². The van der Waals surface area contributed by atoms with Crippen LogP contribution in [0, 0.1) is 6.92 Å². The highest BCUT2D eigenvalue weighted by atomic mass is 32.2. The molecule has 0 spiro atoms. The van der Waals surface area contributed by atoms with Gasteiger partial charge < -0.3 is 4.90 Å². The van der Waals surface area contributed by atoms with Gasteiger partial charge in [0.2, 0.25) is 0 Å². The summed E-state index contributed by atoms with van der Waals surface area (Å²) in [4.78, 5) is 6.90. The van der Waals surface area contributed by atoms with E-state index in [0.717, 1.165) is 35.8 Å². The van der Waals surface area contributed by atoms with Crippen molar-refractivity contribution < 1.29 is 8.42 Å². The van der Waals surface area contributed by atoms with E-state index >= 15 is 0 Å². The first-order valence-electron chi connectivity index (χ1n) is 9.40. The second-order valence-corrected chi connectivity index (χ2v) is 9.77. The summed E-state index contributed by atoms with van der Waals surface area (Å²) in [5.41, 5.74) is 3.30. The van der Waals surface area contributed by atoms with E-state index in [4.69, 9.17) is 4.98 Å². The number of hydrogen-bond donors (Lipinski definition) is 0. The summed E-state index contributed by atoms with van der Waals surface area (Å²) in [7, 11) is -1.68. The maximum atomic E-state index is 12.6. The average Bonchev–Trinajstić information content (AvgIpc) is 3.35. The van der Waals surface area contributed by atoms with Gasteiger partial charge in [0, 0.05) is 50.7 Å². The molecule has 0 aliphatic carbocycles. The van der Waals surface area contributed by atoms with Gasteiger partial charge >= 0.3 is 0 Å². The Balaban J connectivity index is 1.64. The number of hydrogen-bond acceptors (Lipinski definition) is 5. The molecule has 0 N–H and O–H groups in total. The van der Waals surface area contributed by atoms with Gasteiger partial charge in [-0.15, -0.1) is 11.3 Å². The molecule has 0 atom stereocenters. The van der Waals surface area contributed by atoms with Gasteiger partial charge in [-0.05, 0) is 26.7 Å². The third kappa shape index (κ3) is 4.68. The van der Waals surface area contributed by atoms with Gasteiger partial charge in [-0.25, -0.2) is 4.98 Å². The molecule has 0 unspecified atom stereocenters. The van der Waals surface area contributed by atoms with Crippen molar-refractivity contribution >= 4 is 26.7 Å². The smallest absolute Gasteiger partial charge is 0.281 e. The standard InChI is InChI=1S/C19H28N4O2S2/c1-4-22(14-13-21(3)27(24,25)23-11-5-6-12-23)19-20-18(15-26-19)17-9-7-16(2)8-10-17/h7-10,15H,4-6,11-14H2,1-3H3. The maximum Gasteiger partial charge on any atom is 0.281 e. The summed E-state index contributed by atoms with van der Waals surface area (Å²) in [5, 5.41) is 2.99. The Hall–Kier alpha value is -1.48. The van der Waals surface area contributed by atoms with Crippen molar-refractivity contribution in [3.8, 4) is 11.3 Å². The lowest BCUT2D eigenvalue weighted by atomic mass is 10.1. The molecule has 0 saturated carbocycles. The molecule has 2 heterocycles. The number of aromatic nitrogens is 1. The number of thiazole rings is 1. The summed E-state index contributed by atoms with van der Waals surface area (Å²) in [6.45, 7) is 7.28. The van der Waals surface area contributed by atoms with Crippen molar-refractivity contribution in [3.63, 3.8) is 0 Å². The minimum Gasteiger partial charge on any atom is -0.347 e. The molecule has 1 aliphatic heterocycles. The Labute approximate surface area is 166 Å². The molecule has 1 aromatic carbocycles. The number of rotatable bonds is 8. The molecule has 8 heteroatoms. The van der Waals surface area contributed by atoms with Crippen LogP contribution in [0.2, 0.25) is 0 Å². The van der Waals surface area contributed by atoms with Crippen molar-refractivity contribution in [2.75, 3.05) is 44.7 Å². The third-order valence-corrected chi connectivity index (χ3v) is 7.85. The predicted molar refractivity (Wildman–Crippen MR) is 113 cm³/mol. The SMILES string of the molecule is CCN(CCN(C)S(=O)(=O)N1CCCC1)c1nc(-c2ccc(C)cc2)cs1. The number of nitrogens with zero attached hydrogens (tertiary/aromatic N) is 4. The predicted octanol–water partition coefficient (Wildman–Crippen LogP) is 3.22. The molecule has 1 saturated heterocycles. The second-order valence-electron chi connectivity index (χ2n) is 6.90. The molecule has 148 valence electrons.